The molecule has 0 saturated carbocycles. The van der Waals surface area contributed by atoms with Gasteiger partial charge in [0.05, 0.1) is 5.69 Å². The number of benzene rings is 1. The lowest BCUT2D eigenvalue weighted by atomic mass is 10.1. The van der Waals surface area contributed by atoms with Crippen molar-refractivity contribution in [1.29, 1.82) is 0 Å². The largest absolute Gasteiger partial charge is 0.356 e. The fraction of sp³-hybridized carbons (Fsp3) is 0.300. The molecule has 1 aliphatic rings. The molecule has 1 amide bonds. The van der Waals surface area contributed by atoms with Gasteiger partial charge in [0.2, 0.25) is 10.0 Å². The average molecular weight is 414 g/mol. The average Bonchev–Trinajstić information content (AvgIpc) is 3.51. The van der Waals surface area contributed by atoms with Crippen molar-refractivity contribution in [1.82, 2.24) is 24.4 Å². The van der Waals surface area contributed by atoms with Crippen LogP contribution in [0.1, 0.15) is 28.9 Å². The number of hydrogen-bond donors (Lipinski definition) is 2. The van der Waals surface area contributed by atoms with Crippen LogP contribution in [0.25, 0.3) is 5.69 Å². The molecule has 2 N–H and O–H groups in total. The maximum Gasteiger partial charge on any atom is 0.267 e. The summed E-state index contributed by atoms with van der Waals surface area (Å²) < 4.78 is 28.3. The minimum absolute atomic E-state index is 0.138. The van der Waals surface area contributed by atoms with Gasteiger partial charge in [-0.2, -0.15) is 9.40 Å². The van der Waals surface area contributed by atoms with E-state index in [9.17, 15) is 13.2 Å². The second kappa shape index (κ2) is 8.22. The smallest absolute Gasteiger partial charge is 0.267 e. The van der Waals surface area contributed by atoms with Crippen LogP contribution in [0.3, 0.4) is 0 Å². The van der Waals surface area contributed by atoms with Gasteiger partial charge in [0.15, 0.2) is 0 Å². The first-order chi connectivity index (χ1) is 14.0. The lowest BCUT2D eigenvalue weighted by Crippen LogP contribution is -2.27. The van der Waals surface area contributed by atoms with Gasteiger partial charge in [0, 0.05) is 38.2 Å². The third-order valence-corrected chi connectivity index (χ3v) is 6.88. The quantitative estimate of drug-likeness (QED) is 0.618. The molecule has 0 spiro atoms. The summed E-state index contributed by atoms with van der Waals surface area (Å²) in [5.41, 5.74) is 2.31. The van der Waals surface area contributed by atoms with E-state index >= 15 is 0 Å². The third-order valence-electron chi connectivity index (χ3n) is 5.01. The van der Waals surface area contributed by atoms with Crippen LogP contribution in [-0.4, -0.2) is 53.0 Å². The van der Waals surface area contributed by atoms with Crippen LogP contribution in [0.5, 0.6) is 0 Å². The summed E-state index contributed by atoms with van der Waals surface area (Å²) in [4.78, 5) is 15.3. The first kappa shape index (κ1) is 19.4. The molecule has 0 atom stereocenters. The minimum Gasteiger partial charge on any atom is -0.356 e. The van der Waals surface area contributed by atoms with Crippen molar-refractivity contribution >= 4 is 15.9 Å². The molecule has 1 aromatic carbocycles. The summed E-state index contributed by atoms with van der Waals surface area (Å²) in [6, 6.07) is 11.2. The number of sulfonamides is 1. The van der Waals surface area contributed by atoms with Crippen LogP contribution >= 0.6 is 0 Å². The summed E-state index contributed by atoms with van der Waals surface area (Å²) in [6.45, 7) is 1.52. The summed E-state index contributed by atoms with van der Waals surface area (Å²) >= 11 is 0. The molecule has 8 nitrogen and oxygen atoms in total. The van der Waals surface area contributed by atoms with Gasteiger partial charge in [-0.15, -0.1) is 0 Å². The predicted molar refractivity (Wildman–Crippen MR) is 108 cm³/mol. The number of aromatic nitrogens is 3. The SMILES string of the molecule is O=C(NCCc1ccc(-n2cccn2)cc1)c1cc(S(=O)(=O)N2CCCC2)c[nH]1. The van der Waals surface area contributed by atoms with Crippen molar-refractivity contribution in [3.8, 4) is 5.69 Å². The van der Waals surface area contributed by atoms with E-state index in [0.717, 1.165) is 24.1 Å². The molecule has 2 aromatic heterocycles. The van der Waals surface area contributed by atoms with Crippen molar-refractivity contribution in [2.24, 2.45) is 0 Å². The Balaban J connectivity index is 1.32. The molecule has 1 saturated heterocycles. The molecule has 152 valence electrons. The van der Waals surface area contributed by atoms with Gasteiger partial charge in [-0.25, -0.2) is 13.1 Å². The Bertz CT molecular complexity index is 1070. The monoisotopic (exact) mass is 413 g/mol. The lowest BCUT2D eigenvalue weighted by Gasteiger charge is -2.13. The molecule has 0 unspecified atom stereocenters. The molecular formula is C20H23N5O3S. The number of amides is 1. The number of hydrogen-bond acceptors (Lipinski definition) is 4. The molecule has 4 rings (SSSR count). The van der Waals surface area contributed by atoms with Gasteiger partial charge in [-0.05, 0) is 49.1 Å². The molecule has 0 bridgehead atoms. The molecule has 1 aliphatic heterocycles. The van der Waals surface area contributed by atoms with E-state index in [0.29, 0.717) is 26.1 Å². The van der Waals surface area contributed by atoms with E-state index in [1.54, 1.807) is 10.9 Å². The zero-order valence-corrected chi connectivity index (χ0v) is 16.7. The van der Waals surface area contributed by atoms with Crippen LogP contribution in [0.2, 0.25) is 0 Å². The van der Waals surface area contributed by atoms with Gasteiger partial charge in [-0.1, -0.05) is 12.1 Å². The zero-order valence-electron chi connectivity index (χ0n) is 15.9. The second-order valence-corrected chi connectivity index (χ2v) is 8.92. The number of carbonyl (C=O) groups is 1. The molecule has 0 radical (unpaired) electrons. The van der Waals surface area contributed by atoms with E-state index in [1.807, 2.05) is 36.5 Å². The Morgan fingerprint density at radius 2 is 1.93 bits per heavy atom. The number of nitrogens with zero attached hydrogens (tertiary/aromatic N) is 3. The lowest BCUT2D eigenvalue weighted by molar-refractivity contribution is 0.0949. The molecule has 3 aromatic rings. The van der Waals surface area contributed by atoms with E-state index < -0.39 is 10.0 Å². The number of H-pyrrole nitrogens is 1. The van der Waals surface area contributed by atoms with E-state index in [-0.39, 0.29) is 16.5 Å². The van der Waals surface area contributed by atoms with Crippen LogP contribution in [0.4, 0.5) is 0 Å². The summed E-state index contributed by atoms with van der Waals surface area (Å²) in [6.07, 6.45) is 7.41. The van der Waals surface area contributed by atoms with Crippen molar-refractivity contribution < 1.29 is 13.2 Å². The summed E-state index contributed by atoms with van der Waals surface area (Å²) in [5, 5.41) is 7.02. The number of aromatic amines is 1. The molecule has 9 heteroatoms. The minimum atomic E-state index is -3.52. The van der Waals surface area contributed by atoms with Crippen LogP contribution < -0.4 is 5.32 Å². The zero-order chi connectivity index (χ0) is 20.3. The maximum atomic E-state index is 12.6. The van der Waals surface area contributed by atoms with Crippen LogP contribution in [-0.2, 0) is 16.4 Å². The van der Waals surface area contributed by atoms with Crippen molar-refractivity contribution in [3.05, 3.63) is 66.2 Å². The molecule has 1 fully saturated rings. The van der Waals surface area contributed by atoms with Gasteiger partial charge in [-0.3, -0.25) is 4.79 Å². The molecular weight excluding hydrogens is 390 g/mol. The normalized spacial score (nSPS) is 14.9. The van der Waals surface area contributed by atoms with Crippen LogP contribution in [0.15, 0.2) is 59.9 Å². The fourth-order valence-corrected chi connectivity index (χ4v) is 4.90. The van der Waals surface area contributed by atoms with Crippen LogP contribution in [0, 0.1) is 0 Å². The Hall–Kier alpha value is -2.91. The first-order valence-electron chi connectivity index (χ1n) is 9.60. The Labute approximate surface area is 169 Å². The Morgan fingerprint density at radius 1 is 1.17 bits per heavy atom. The van der Waals surface area contributed by atoms with Gasteiger partial charge in [0.1, 0.15) is 10.6 Å². The highest BCUT2D eigenvalue weighted by Gasteiger charge is 2.28. The summed E-state index contributed by atoms with van der Waals surface area (Å²) in [7, 11) is -3.52. The fourth-order valence-electron chi connectivity index (χ4n) is 3.38. The highest BCUT2D eigenvalue weighted by molar-refractivity contribution is 7.89. The molecule has 3 heterocycles. The molecule has 29 heavy (non-hydrogen) atoms. The van der Waals surface area contributed by atoms with Crippen molar-refractivity contribution in [2.75, 3.05) is 19.6 Å². The van der Waals surface area contributed by atoms with Gasteiger partial charge < -0.3 is 10.3 Å². The Morgan fingerprint density at radius 3 is 2.62 bits per heavy atom. The predicted octanol–water partition coefficient (Wildman–Crippen LogP) is 1.96. The highest BCUT2D eigenvalue weighted by Crippen LogP contribution is 2.21. The summed E-state index contributed by atoms with van der Waals surface area (Å²) in [5.74, 6) is -0.318. The van der Waals surface area contributed by atoms with Gasteiger partial charge in [0.25, 0.3) is 5.91 Å². The van der Waals surface area contributed by atoms with Crippen molar-refractivity contribution in [2.45, 2.75) is 24.2 Å². The number of carbonyl (C=O) groups excluding carboxylic acids is 1. The first-order valence-corrected chi connectivity index (χ1v) is 11.0. The van der Waals surface area contributed by atoms with E-state index in [1.165, 1.54) is 16.6 Å². The number of nitrogens with one attached hydrogen (secondary N) is 2. The van der Waals surface area contributed by atoms with E-state index in [4.69, 9.17) is 0 Å². The number of rotatable bonds is 7. The molecule has 0 aliphatic carbocycles. The standard InChI is InChI=1S/C20H23N5O3S/c26-20(19-14-18(15-22-19)29(27,28)24-11-1-2-12-24)21-10-8-16-4-6-17(7-5-16)25-13-3-9-23-25/h3-7,9,13-15,22H,1-2,8,10-12H2,(H,21,26). The maximum absolute atomic E-state index is 12.6. The topological polar surface area (TPSA) is 100 Å². The van der Waals surface area contributed by atoms with E-state index in [2.05, 4.69) is 15.4 Å². The second-order valence-electron chi connectivity index (χ2n) is 6.98. The van der Waals surface area contributed by atoms with Crippen molar-refractivity contribution in [3.63, 3.8) is 0 Å². The van der Waals surface area contributed by atoms with Gasteiger partial charge >= 0.3 is 0 Å². The third kappa shape index (κ3) is 4.25. The Kier molecular flexibility index (Phi) is 5.50. The highest BCUT2D eigenvalue weighted by atomic mass is 32.2.